The largest absolute Gasteiger partial charge is 0.444 e. The van der Waals surface area contributed by atoms with Crippen molar-refractivity contribution in [2.75, 3.05) is 13.2 Å². The van der Waals surface area contributed by atoms with Gasteiger partial charge in [-0.25, -0.2) is 4.79 Å². The smallest absolute Gasteiger partial charge is 0.407 e. The van der Waals surface area contributed by atoms with E-state index in [1.807, 2.05) is 39.0 Å². The Bertz CT molecular complexity index is 495. The molecule has 128 valence electrons. The van der Waals surface area contributed by atoms with E-state index in [1.165, 1.54) is 12.0 Å². The second-order valence-corrected chi connectivity index (χ2v) is 7.52. The van der Waals surface area contributed by atoms with Gasteiger partial charge in [-0.3, -0.25) is 0 Å². The summed E-state index contributed by atoms with van der Waals surface area (Å²) < 4.78 is 11.1. The Morgan fingerprint density at radius 3 is 2.65 bits per heavy atom. The molecule has 0 heterocycles. The Labute approximate surface area is 139 Å². The van der Waals surface area contributed by atoms with E-state index < -0.39 is 5.60 Å². The molecule has 4 nitrogen and oxygen atoms in total. The minimum Gasteiger partial charge on any atom is -0.444 e. The summed E-state index contributed by atoms with van der Waals surface area (Å²) in [6.45, 7) is 9.93. The fourth-order valence-electron chi connectivity index (χ4n) is 2.77. The minimum absolute atomic E-state index is 0.332. The zero-order chi connectivity index (χ0) is 16.9. The molecule has 0 saturated heterocycles. The molecular weight excluding hydrogens is 290 g/mol. The van der Waals surface area contributed by atoms with Crippen LogP contribution in [0.25, 0.3) is 0 Å². The molecule has 1 amide bonds. The van der Waals surface area contributed by atoms with Crippen molar-refractivity contribution in [1.82, 2.24) is 5.32 Å². The van der Waals surface area contributed by atoms with Crippen LogP contribution in [0.4, 0.5) is 4.79 Å². The van der Waals surface area contributed by atoms with Gasteiger partial charge < -0.3 is 14.8 Å². The number of benzene rings is 1. The molecule has 0 bridgehead atoms. The van der Waals surface area contributed by atoms with Gasteiger partial charge in [-0.05, 0) is 50.5 Å². The maximum atomic E-state index is 11.7. The molecule has 0 aromatic heterocycles. The molecule has 0 aliphatic heterocycles. The molecule has 3 atom stereocenters. The molecule has 23 heavy (non-hydrogen) atoms. The number of nitrogens with one attached hydrogen (secondary N) is 1. The summed E-state index contributed by atoms with van der Waals surface area (Å²) >= 11 is 0. The van der Waals surface area contributed by atoms with Gasteiger partial charge in [0.15, 0.2) is 0 Å². The van der Waals surface area contributed by atoms with Crippen LogP contribution in [0, 0.1) is 17.8 Å². The predicted octanol–water partition coefficient (Wildman–Crippen LogP) is 4.00. The van der Waals surface area contributed by atoms with Crippen molar-refractivity contribution >= 4 is 6.09 Å². The fraction of sp³-hybridized carbons (Fsp3) is 0.632. The zero-order valence-electron chi connectivity index (χ0n) is 14.7. The van der Waals surface area contributed by atoms with Gasteiger partial charge in [-0.15, -0.1) is 0 Å². The summed E-state index contributed by atoms with van der Waals surface area (Å²) in [5.41, 5.74) is 0.769. The molecule has 1 aromatic carbocycles. The Kier molecular flexibility index (Phi) is 6.05. The molecule has 1 aliphatic carbocycles. The molecule has 2 rings (SSSR count). The SMILES string of the molecule is CC(CNC(=O)OC(C)(C)C)[C@H]1C[C@@H]1COCc1ccccc1. The lowest BCUT2D eigenvalue weighted by molar-refractivity contribution is 0.0517. The number of amides is 1. The molecule has 0 radical (unpaired) electrons. The summed E-state index contributed by atoms with van der Waals surface area (Å²) in [7, 11) is 0. The van der Waals surface area contributed by atoms with E-state index in [1.54, 1.807) is 0 Å². The highest BCUT2D eigenvalue weighted by Gasteiger charge is 2.40. The third-order valence-corrected chi connectivity index (χ3v) is 4.12. The number of carbonyl (C=O) groups excluding carboxylic acids is 1. The normalized spacial score (nSPS) is 21.6. The quantitative estimate of drug-likeness (QED) is 0.826. The maximum Gasteiger partial charge on any atom is 0.407 e. The zero-order valence-corrected chi connectivity index (χ0v) is 14.7. The lowest BCUT2D eigenvalue weighted by Crippen LogP contribution is -2.35. The van der Waals surface area contributed by atoms with Crippen LogP contribution in [-0.2, 0) is 16.1 Å². The van der Waals surface area contributed by atoms with Crippen LogP contribution < -0.4 is 5.32 Å². The summed E-state index contributed by atoms with van der Waals surface area (Å²) in [5, 5.41) is 2.86. The number of ether oxygens (including phenoxy) is 2. The van der Waals surface area contributed by atoms with E-state index >= 15 is 0 Å². The second-order valence-electron chi connectivity index (χ2n) is 7.52. The highest BCUT2D eigenvalue weighted by molar-refractivity contribution is 5.67. The van der Waals surface area contributed by atoms with Crippen molar-refractivity contribution in [2.45, 2.75) is 46.3 Å². The van der Waals surface area contributed by atoms with Crippen LogP contribution in [-0.4, -0.2) is 24.8 Å². The van der Waals surface area contributed by atoms with Crippen molar-refractivity contribution < 1.29 is 14.3 Å². The lowest BCUT2D eigenvalue weighted by Gasteiger charge is -2.21. The molecule has 1 N–H and O–H groups in total. The molecular formula is C19H29NO3. The topological polar surface area (TPSA) is 47.6 Å². The van der Waals surface area contributed by atoms with E-state index in [0.717, 1.165) is 6.61 Å². The van der Waals surface area contributed by atoms with Crippen molar-refractivity contribution in [2.24, 2.45) is 17.8 Å². The molecule has 4 heteroatoms. The van der Waals surface area contributed by atoms with E-state index in [0.29, 0.717) is 30.9 Å². The van der Waals surface area contributed by atoms with Gasteiger partial charge >= 0.3 is 6.09 Å². The van der Waals surface area contributed by atoms with Crippen molar-refractivity contribution in [1.29, 1.82) is 0 Å². The Balaban J connectivity index is 1.59. The molecule has 1 saturated carbocycles. The highest BCUT2D eigenvalue weighted by Crippen LogP contribution is 2.44. The third-order valence-electron chi connectivity index (χ3n) is 4.12. The van der Waals surface area contributed by atoms with Gasteiger partial charge in [0.2, 0.25) is 0 Å². The molecule has 1 aromatic rings. The van der Waals surface area contributed by atoms with Crippen LogP contribution in [0.5, 0.6) is 0 Å². The van der Waals surface area contributed by atoms with Crippen LogP contribution in [0.15, 0.2) is 30.3 Å². The van der Waals surface area contributed by atoms with Crippen LogP contribution >= 0.6 is 0 Å². The minimum atomic E-state index is -0.444. The van der Waals surface area contributed by atoms with Gasteiger partial charge in [0.05, 0.1) is 13.2 Å². The summed E-state index contributed by atoms with van der Waals surface area (Å²) in [4.78, 5) is 11.7. The van der Waals surface area contributed by atoms with Crippen LogP contribution in [0.3, 0.4) is 0 Å². The monoisotopic (exact) mass is 319 g/mol. The van der Waals surface area contributed by atoms with Gasteiger partial charge in [0.1, 0.15) is 5.60 Å². The van der Waals surface area contributed by atoms with Crippen LogP contribution in [0.1, 0.15) is 39.7 Å². The van der Waals surface area contributed by atoms with Gasteiger partial charge in [-0.2, -0.15) is 0 Å². The van der Waals surface area contributed by atoms with Crippen molar-refractivity contribution in [3.05, 3.63) is 35.9 Å². The first-order chi connectivity index (χ1) is 10.8. The van der Waals surface area contributed by atoms with Gasteiger partial charge in [-0.1, -0.05) is 37.3 Å². The molecule has 0 spiro atoms. The molecule has 1 aliphatic rings. The summed E-state index contributed by atoms with van der Waals surface area (Å²) in [6.07, 6.45) is 0.855. The Hall–Kier alpha value is -1.55. The number of hydrogen-bond donors (Lipinski definition) is 1. The maximum absolute atomic E-state index is 11.7. The first-order valence-corrected chi connectivity index (χ1v) is 8.43. The van der Waals surface area contributed by atoms with Crippen molar-refractivity contribution in [3.63, 3.8) is 0 Å². The van der Waals surface area contributed by atoms with E-state index in [-0.39, 0.29) is 6.09 Å². The predicted molar refractivity (Wildman–Crippen MR) is 91.1 cm³/mol. The fourth-order valence-corrected chi connectivity index (χ4v) is 2.77. The molecule has 1 unspecified atom stereocenters. The summed E-state index contributed by atoms with van der Waals surface area (Å²) in [5.74, 6) is 1.71. The number of carbonyl (C=O) groups is 1. The average Bonchev–Trinajstić information content (AvgIpc) is 3.24. The van der Waals surface area contributed by atoms with Gasteiger partial charge in [0.25, 0.3) is 0 Å². The summed E-state index contributed by atoms with van der Waals surface area (Å²) in [6, 6.07) is 10.2. The lowest BCUT2D eigenvalue weighted by atomic mass is 10.1. The highest BCUT2D eigenvalue weighted by atomic mass is 16.6. The van der Waals surface area contributed by atoms with Crippen molar-refractivity contribution in [3.8, 4) is 0 Å². The third kappa shape index (κ3) is 6.61. The second kappa shape index (κ2) is 7.82. The first-order valence-electron chi connectivity index (χ1n) is 8.43. The van der Waals surface area contributed by atoms with Gasteiger partial charge in [0, 0.05) is 6.54 Å². The Morgan fingerprint density at radius 1 is 1.30 bits per heavy atom. The first kappa shape index (κ1) is 17.8. The standard InChI is InChI=1S/C19H29NO3/c1-14(11-20-18(21)23-19(2,3)4)17-10-16(17)13-22-12-15-8-6-5-7-9-15/h5-9,14,16-17H,10-13H2,1-4H3,(H,20,21)/t14?,16-,17-/m1/s1. The van der Waals surface area contributed by atoms with E-state index in [4.69, 9.17) is 9.47 Å². The van der Waals surface area contributed by atoms with E-state index in [9.17, 15) is 4.79 Å². The number of alkyl carbamates (subject to hydrolysis) is 1. The average molecular weight is 319 g/mol. The Morgan fingerprint density at radius 2 is 2.00 bits per heavy atom. The number of rotatable bonds is 7. The van der Waals surface area contributed by atoms with E-state index in [2.05, 4.69) is 24.4 Å². The number of hydrogen-bond acceptors (Lipinski definition) is 3. The van der Waals surface area contributed by atoms with Crippen LogP contribution in [0.2, 0.25) is 0 Å². The molecule has 1 fully saturated rings.